The van der Waals surface area contributed by atoms with Gasteiger partial charge in [-0.3, -0.25) is 4.79 Å². The Hall–Kier alpha value is -2.65. The second-order valence-corrected chi connectivity index (χ2v) is 7.44. The molecule has 2 aromatic carbocycles. The number of ether oxygens (including phenoxy) is 1. The Morgan fingerprint density at radius 2 is 1.89 bits per heavy atom. The van der Waals surface area contributed by atoms with Crippen molar-refractivity contribution in [2.24, 2.45) is 0 Å². The van der Waals surface area contributed by atoms with Gasteiger partial charge in [0.25, 0.3) is 0 Å². The minimum absolute atomic E-state index is 0.110. The number of hydrogen-bond donors (Lipinski definition) is 2. The van der Waals surface area contributed by atoms with Crippen LogP contribution in [-0.2, 0) is 4.79 Å². The number of thioether (sulfide) groups is 1. The van der Waals surface area contributed by atoms with Crippen LogP contribution >= 0.6 is 23.1 Å². The maximum absolute atomic E-state index is 13.6. The summed E-state index contributed by atoms with van der Waals surface area (Å²) in [4.78, 5) is 12.0. The third-order valence-corrected chi connectivity index (χ3v) is 5.28. The van der Waals surface area contributed by atoms with Gasteiger partial charge in [-0.2, -0.15) is 0 Å². The van der Waals surface area contributed by atoms with Gasteiger partial charge < -0.3 is 15.4 Å². The summed E-state index contributed by atoms with van der Waals surface area (Å²) in [7, 11) is 0. The van der Waals surface area contributed by atoms with Crippen LogP contribution in [0.15, 0.2) is 52.9 Å². The van der Waals surface area contributed by atoms with Crippen molar-refractivity contribution in [2.45, 2.75) is 11.3 Å². The van der Waals surface area contributed by atoms with E-state index in [0.717, 1.165) is 11.4 Å². The molecule has 0 aliphatic rings. The number of amides is 1. The van der Waals surface area contributed by atoms with Crippen LogP contribution < -0.4 is 15.4 Å². The normalized spacial score (nSPS) is 10.4. The van der Waals surface area contributed by atoms with E-state index in [2.05, 4.69) is 20.8 Å². The zero-order valence-corrected chi connectivity index (χ0v) is 16.1. The van der Waals surface area contributed by atoms with Gasteiger partial charge in [0.2, 0.25) is 11.0 Å². The largest absolute Gasteiger partial charge is 0.492 e. The van der Waals surface area contributed by atoms with E-state index in [4.69, 9.17) is 4.74 Å². The van der Waals surface area contributed by atoms with E-state index < -0.39 is 5.82 Å². The Bertz CT molecular complexity index is 920. The van der Waals surface area contributed by atoms with E-state index >= 15 is 0 Å². The summed E-state index contributed by atoms with van der Waals surface area (Å²) in [6.07, 6.45) is 0. The predicted molar refractivity (Wildman–Crippen MR) is 107 cm³/mol. The maximum Gasteiger partial charge on any atom is 0.234 e. The molecule has 0 unspecified atom stereocenters. The molecule has 0 atom stereocenters. The molecule has 1 aromatic heterocycles. The number of carbonyl (C=O) groups is 1. The Balaban J connectivity index is 1.55. The van der Waals surface area contributed by atoms with E-state index in [1.807, 2.05) is 31.2 Å². The Kier molecular flexibility index (Phi) is 6.61. The van der Waals surface area contributed by atoms with Gasteiger partial charge in [-0.25, -0.2) is 4.39 Å². The lowest BCUT2D eigenvalue weighted by atomic mass is 10.3. The fourth-order valence-electron chi connectivity index (χ4n) is 2.16. The highest BCUT2D eigenvalue weighted by Gasteiger charge is 2.11. The van der Waals surface area contributed by atoms with E-state index in [9.17, 15) is 9.18 Å². The van der Waals surface area contributed by atoms with Crippen LogP contribution in [0.25, 0.3) is 0 Å². The highest BCUT2D eigenvalue weighted by molar-refractivity contribution is 8.01. The molecule has 0 spiro atoms. The fourth-order valence-corrected chi connectivity index (χ4v) is 3.73. The second-order valence-electron chi connectivity index (χ2n) is 5.24. The van der Waals surface area contributed by atoms with Crippen molar-refractivity contribution >= 4 is 45.5 Å². The third kappa shape index (κ3) is 5.41. The van der Waals surface area contributed by atoms with Gasteiger partial charge in [-0.05, 0) is 31.2 Å². The lowest BCUT2D eigenvalue weighted by molar-refractivity contribution is -0.113. The lowest BCUT2D eigenvalue weighted by Gasteiger charge is -2.09. The van der Waals surface area contributed by atoms with Crippen LogP contribution in [0, 0.1) is 5.82 Å². The van der Waals surface area contributed by atoms with Crippen LogP contribution in [0.3, 0.4) is 0 Å². The molecule has 6 nitrogen and oxygen atoms in total. The standard InChI is InChI=1S/C18H17FN4O2S2/c1-2-25-15-10-6-5-9-14(15)21-17-22-23-18(27-17)26-11-16(24)20-13-8-4-3-7-12(13)19/h3-10H,2,11H2,1H3,(H,20,24)(H,21,22). The third-order valence-electron chi connectivity index (χ3n) is 3.31. The average molecular weight is 404 g/mol. The molecule has 3 rings (SSSR count). The van der Waals surface area contributed by atoms with Crippen molar-refractivity contribution in [1.82, 2.24) is 10.2 Å². The molecule has 0 saturated carbocycles. The number of hydrogen-bond acceptors (Lipinski definition) is 7. The van der Waals surface area contributed by atoms with E-state index in [1.54, 1.807) is 12.1 Å². The first-order valence-electron chi connectivity index (χ1n) is 8.15. The average Bonchev–Trinajstić information content (AvgIpc) is 3.11. The Morgan fingerprint density at radius 1 is 1.15 bits per heavy atom. The molecule has 3 aromatic rings. The smallest absolute Gasteiger partial charge is 0.234 e. The summed E-state index contributed by atoms with van der Waals surface area (Å²) in [5, 5.41) is 14.4. The molecule has 27 heavy (non-hydrogen) atoms. The molecule has 1 heterocycles. The molecule has 0 bridgehead atoms. The van der Waals surface area contributed by atoms with Gasteiger partial charge >= 0.3 is 0 Å². The van der Waals surface area contributed by atoms with Crippen molar-refractivity contribution < 1.29 is 13.9 Å². The number of nitrogens with one attached hydrogen (secondary N) is 2. The van der Waals surface area contributed by atoms with E-state index in [-0.39, 0.29) is 17.3 Å². The lowest BCUT2D eigenvalue weighted by Crippen LogP contribution is -2.14. The molecular formula is C18H17FN4O2S2. The van der Waals surface area contributed by atoms with Gasteiger partial charge in [0.15, 0.2) is 4.34 Å². The fraction of sp³-hybridized carbons (Fsp3) is 0.167. The van der Waals surface area contributed by atoms with E-state index in [1.165, 1.54) is 35.2 Å². The number of halogens is 1. The van der Waals surface area contributed by atoms with Crippen molar-refractivity contribution in [3.63, 3.8) is 0 Å². The van der Waals surface area contributed by atoms with Gasteiger partial charge in [0.1, 0.15) is 11.6 Å². The van der Waals surface area contributed by atoms with Crippen LogP contribution in [0.2, 0.25) is 0 Å². The topological polar surface area (TPSA) is 76.1 Å². The van der Waals surface area contributed by atoms with Crippen molar-refractivity contribution in [3.05, 3.63) is 54.3 Å². The number of anilines is 3. The van der Waals surface area contributed by atoms with Crippen molar-refractivity contribution in [2.75, 3.05) is 23.0 Å². The van der Waals surface area contributed by atoms with E-state index in [0.29, 0.717) is 16.1 Å². The molecule has 0 radical (unpaired) electrons. The zero-order valence-electron chi connectivity index (χ0n) is 14.4. The Morgan fingerprint density at radius 3 is 2.67 bits per heavy atom. The first kappa shape index (κ1) is 19.1. The summed E-state index contributed by atoms with van der Waals surface area (Å²) in [6, 6.07) is 13.6. The predicted octanol–water partition coefficient (Wildman–Crippen LogP) is 4.55. The molecule has 0 fully saturated rings. The molecule has 0 saturated heterocycles. The van der Waals surface area contributed by atoms with Gasteiger partial charge in [0, 0.05) is 0 Å². The second kappa shape index (κ2) is 9.33. The highest BCUT2D eigenvalue weighted by atomic mass is 32.2. The number of para-hydroxylation sites is 3. The minimum atomic E-state index is -0.466. The molecule has 9 heteroatoms. The molecule has 1 amide bonds. The van der Waals surface area contributed by atoms with Gasteiger partial charge in [-0.1, -0.05) is 47.4 Å². The Labute approximate surface area is 164 Å². The molecule has 0 aliphatic heterocycles. The van der Waals surface area contributed by atoms with Crippen molar-refractivity contribution in [3.8, 4) is 5.75 Å². The summed E-state index contributed by atoms with van der Waals surface area (Å²) in [6.45, 7) is 2.48. The SMILES string of the molecule is CCOc1ccccc1Nc1nnc(SCC(=O)Nc2ccccc2F)s1. The number of rotatable bonds is 8. The summed E-state index contributed by atoms with van der Waals surface area (Å²) >= 11 is 2.56. The van der Waals surface area contributed by atoms with Crippen LogP contribution in [0.5, 0.6) is 5.75 Å². The quantitative estimate of drug-likeness (QED) is 0.537. The number of carbonyl (C=O) groups excluding carboxylic acids is 1. The van der Waals surface area contributed by atoms with Gasteiger partial charge in [-0.15, -0.1) is 10.2 Å². The van der Waals surface area contributed by atoms with Crippen LogP contribution in [-0.4, -0.2) is 28.5 Å². The number of aromatic nitrogens is 2. The summed E-state index contributed by atoms with van der Waals surface area (Å²) in [5.74, 6) is 0.0646. The number of nitrogens with zero attached hydrogens (tertiary/aromatic N) is 2. The molecule has 0 aliphatic carbocycles. The highest BCUT2D eigenvalue weighted by Crippen LogP contribution is 2.31. The molecule has 2 N–H and O–H groups in total. The minimum Gasteiger partial charge on any atom is -0.492 e. The summed E-state index contributed by atoms with van der Waals surface area (Å²) < 4.78 is 19.8. The first-order chi connectivity index (χ1) is 13.2. The molecule has 140 valence electrons. The zero-order chi connectivity index (χ0) is 19.1. The maximum atomic E-state index is 13.6. The number of benzene rings is 2. The first-order valence-corrected chi connectivity index (χ1v) is 9.95. The monoisotopic (exact) mass is 404 g/mol. The summed E-state index contributed by atoms with van der Waals surface area (Å²) in [5.41, 5.74) is 0.958. The van der Waals surface area contributed by atoms with Crippen LogP contribution in [0.1, 0.15) is 6.92 Å². The molecular weight excluding hydrogens is 387 g/mol. The van der Waals surface area contributed by atoms with Crippen molar-refractivity contribution in [1.29, 1.82) is 0 Å². The van der Waals surface area contributed by atoms with Gasteiger partial charge in [0.05, 0.1) is 23.7 Å². The van der Waals surface area contributed by atoms with Crippen LogP contribution in [0.4, 0.5) is 20.9 Å².